The van der Waals surface area contributed by atoms with E-state index in [2.05, 4.69) is 0 Å². The van der Waals surface area contributed by atoms with Crippen molar-refractivity contribution >= 4 is 22.1 Å². The highest BCUT2D eigenvalue weighted by Gasteiger charge is 2.25. The lowest BCUT2D eigenvalue weighted by atomic mass is 9.99. The maximum absolute atomic E-state index is 12.3. The SMILES string of the molecule is CC(C)C(C)COC(=O)c1ccc(C(=O)OCC(C)C(C)C)c(S(=O)(=O)O)c1. The predicted molar refractivity (Wildman–Crippen MR) is 105 cm³/mol. The van der Waals surface area contributed by atoms with Crippen molar-refractivity contribution in [2.45, 2.75) is 46.4 Å². The van der Waals surface area contributed by atoms with Gasteiger partial charge in [-0.25, -0.2) is 9.59 Å². The first-order chi connectivity index (χ1) is 12.8. The Morgan fingerprint density at radius 2 is 1.36 bits per heavy atom. The molecule has 1 aromatic rings. The van der Waals surface area contributed by atoms with Gasteiger partial charge in [0, 0.05) is 0 Å². The fraction of sp³-hybridized carbons (Fsp3) is 0.600. The Balaban J connectivity index is 3.06. The van der Waals surface area contributed by atoms with Gasteiger partial charge in [0.1, 0.15) is 4.90 Å². The summed E-state index contributed by atoms with van der Waals surface area (Å²) in [6.45, 7) is 12.1. The van der Waals surface area contributed by atoms with E-state index in [1.54, 1.807) is 0 Å². The maximum Gasteiger partial charge on any atom is 0.339 e. The maximum atomic E-state index is 12.3. The average Bonchev–Trinajstić information content (AvgIpc) is 2.61. The second-order valence-corrected chi connectivity index (χ2v) is 9.22. The minimum Gasteiger partial charge on any atom is -0.462 e. The zero-order chi connectivity index (χ0) is 21.6. The summed E-state index contributed by atoms with van der Waals surface area (Å²) in [5, 5.41) is 0. The van der Waals surface area contributed by atoms with Crippen molar-refractivity contribution in [2.24, 2.45) is 23.7 Å². The summed E-state index contributed by atoms with van der Waals surface area (Å²) in [6.07, 6.45) is 0. The van der Waals surface area contributed by atoms with Gasteiger partial charge in [0.25, 0.3) is 10.1 Å². The molecule has 2 atom stereocenters. The van der Waals surface area contributed by atoms with Gasteiger partial charge in [-0.3, -0.25) is 4.55 Å². The molecule has 1 N–H and O–H groups in total. The highest BCUT2D eigenvalue weighted by Crippen LogP contribution is 2.21. The zero-order valence-corrected chi connectivity index (χ0v) is 18.1. The highest BCUT2D eigenvalue weighted by atomic mass is 32.2. The molecule has 0 heterocycles. The third-order valence-electron chi connectivity index (χ3n) is 4.95. The third kappa shape index (κ3) is 6.91. The lowest BCUT2D eigenvalue weighted by molar-refractivity contribution is 0.0402. The first-order valence-corrected chi connectivity index (χ1v) is 10.7. The summed E-state index contributed by atoms with van der Waals surface area (Å²) in [6, 6.07) is 3.35. The minimum absolute atomic E-state index is 0.0734. The van der Waals surface area contributed by atoms with Gasteiger partial charge in [0.05, 0.1) is 24.3 Å². The Labute approximate surface area is 167 Å². The van der Waals surface area contributed by atoms with E-state index in [0.717, 1.165) is 12.1 Å². The molecule has 0 aliphatic rings. The van der Waals surface area contributed by atoms with Crippen molar-refractivity contribution in [3.63, 3.8) is 0 Å². The number of carbonyl (C=O) groups excluding carboxylic acids is 2. The topological polar surface area (TPSA) is 107 Å². The first kappa shape index (κ1) is 24.1. The summed E-state index contributed by atoms with van der Waals surface area (Å²) < 4.78 is 43.3. The van der Waals surface area contributed by atoms with Gasteiger partial charge in [0.15, 0.2) is 0 Å². The Bertz CT molecular complexity index is 797. The van der Waals surface area contributed by atoms with Gasteiger partial charge >= 0.3 is 11.9 Å². The molecule has 7 nitrogen and oxygen atoms in total. The molecular weight excluding hydrogens is 384 g/mol. The zero-order valence-electron chi connectivity index (χ0n) is 17.3. The second-order valence-electron chi connectivity index (χ2n) is 7.83. The molecule has 0 radical (unpaired) electrons. The smallest absolute Gasteiger partial charge is 0.339 e. The molecule has 1 rings (SSSR count). The molecule has 0 spiro atoms. The molecule has 0 bridgehead atoms. The van der Waals surface area contributed by atoms with Crippen LogP contribution in [0.1, 0.15) is 62.3 Å². The average molecular weight is 415 g/mol. The lowest BCUT2D eigenvalue weighted by Gasteiger charge is -2.17. The molecule has 158 valence electrons. The Morgan fingerprint density at radius 1 is 0.893 bits per heavy atom. The Hall–Kier alpha value is -1.93. The van der Waals surface area contributed by atoms with E-state index in [-0.39, 0.29) is 42.1 Å². The molecule has 8 heteroatoms. The lowest BCUT2D eigenvalue weighted by Crippen LogP contribution is -2.19. The molecule has 28 heavy (non-hydrogen) atoms. The van der Waals surface area contributed by atoms with E-state index in [1.165, 1.54) is 6.07 Å². The fourth-order valence-corrected chi connectivity index (χ4v) is 2.70. The van der Waals surface area contributed by atoms with Crippen molar-refractivity contribution < 1.29 is 32.0 Å². The summed E-state index contributed by atoms with van der Waals surface area (Å²) in [7, 11) is -4.74. The van der Waals surface area contributed by atoms with E-state index >= 15 is 0 Å². The van der Waals surface area contributed by atoms with Crippen molar-refractivity contribution in [1.29, 1.82) is 0 Å². The van der Waals surface area contributed by atoms with Crippen molar-refractivity contribution in [3.05, 3.63) is 29.3 Å². The van der Waals surface area contributed by atoms with E-state index in [4.69, 9.17) is 9.47 Å². The van der Waals surface area contributed by atoms with Crippen LogP contribution in [0, 0.1) is 23.7 Å². The first-order valence-electron chi connectivity index (χ1n) is 9.30. The van der Waals surface area contributed by atoms with Crippen LogP contribution in [0.15, 0.2) is 23.1 Å². The fourth-order valence-electron chi connectivity index (χ4n) is 1.99. The van der Waals surface area contributed by atoms with Crippen LogP contribution >= 0.6 is 0 Å². The number of hydrogen-bond acceptors (Lipinski definition) is 6. The van der Waals surface area contributed by atoms with Crippen LogP contribution in [0.3, 0.4) is 0 Å². The highest BCUT2D eigenvalue weighted by molar-refractivity contribution is 7.86. The molecule has 0 aromatic heterocycles. The quantitative estimate of drug-likeness (QED) is 0.483. The molecule has 0 fully saturated rings. The normalized spacial score (nSPS) is 14.0. The number of hydrogen-bond donors (Lipinski definition) is 1. The van der Waals surface area contributed by atoms with Gasteiger partial charge in [-0.05, 0) is 41.9 Å². The van der Waals surface area contributed by atoms with Gasteiger partial charge in [-0.15, -0.1) is 0 Å². The third-order valence-corrected chi connectivity index (χ3v) is 5.84. The van der Waals surface area contributed by atoms with Crippen LogP contribution in [-0.4, -0.2) is 38.1 Å². The molecule has 1 aromatic carbocycles. The van der Waals surface area contributed by atoms with Crippen LogP contribution in [0.25, 0.3) is 0 Å². The summed E-state index contributed by atoms with van der Waals surface area (Å²) in [5.74, 6) is -0.817. The van der Waals surface area contributed by atoms with Crippen LogP contribution in [0.5, 0.6) is 0 Å². The van der Waals surface area contributed by atoms with Crippen LogP contribution < -0.4 is 0 Å². The standard InChI is InChI=1S/C20H30O7S/c1-12(2)14(5)10-26-19(21)16-7-8-17(18(9-16)28(23,24)25)20(22)27-11-15(6)13(3)4/h7-9,12-15H,10-11H2,1-6H3,(H,23,24,25). The Kier molecular flexibility index (Phi) is 8.63. The number of benzene rings is 1. The molecule has 0 saturated heterocycles. The van der Waals surface area contributed by atoms with Gasteiger partial charge in [0.2, 0.25) is 0 Å². The number of esters is 2. The van der Waals surface area contributed by atoms with E-state index in [9.17, 15) is 22.6 Å². The monoisotopic (exact) mass is 414 g/mol. The molecule has 2 unspecified atom stereocenters. The molecule has 0 saturated carbocycles. The van der Waals surface area contributed by atoms with Crippen LogP contribution in [0.2, 0.25) is 0 Å². The summed E-state index contributed by atoms with van der Waals surface area (Å²) in [4.78, 5) is 23.8. The molecule has 0 aliphatic heterocycles. The molecular formula is C20H30O7S. The molecule has 0 amide bonds. The summed E-state index contributed by atoms with van der Waals surface area (Å²) in [5.41, 5.74) is -0.402. The number of rotatable bonds is 9. The minimum atomic E-state index is -4.74. The van der Waals surface area contributed by atoms with Gasteiger partial charge in [-0.2, -0.15) is 8.42 Å². The Morgan fingerprint density at radius 3 is 1.79 bits per heavy atom. The van der Waals surface area contributed by atoms with Crippen molar-refractivity contribution in [1.82, 2.24) is 0 Å². The van der Waals surface area contributed by atoms with Crippen LogP contribution in [0.4, 0.5) is 0 Å². The van der Waals surface area contributed by atoms with E-state index in [0.29, 0.717) is 5.92 Å². The summed E-state index contributed by atoms with van der Waals surface area (Å²) >= 11 is 0. The van der Waals surface area contributed by atoms with E-state index < -0.39 is 27.0 Å². The largest absolute Gasteiger partial charge is 0.462 e. The van der Waals surface area contributed by atoms with Gasteiger partial charge < -0.3 is 9.47 Å². The predicted octanol–water partition coefficient (Wildman–Crippen LogP) is 3.83. The number of ether oxygens (including phenoxy) is 2. The molecule has 0 aliphatic carbocycles. The van der Waals surface area contributed by atoms with Crippen molar-refractivity contribution in [3.8, 4) is 0 Å². The second kappa shape index (κ2) is 10.0. The number of carbonyl (C=O) groups is 2. The van der Waals surface area contributed by atoms with E-state index in [1.807, 2.05) is 41.5 Å². The van der Waals surface area contributed by atoms with Crippen molar-refractivity contribution in [2.75, 3.05) is 13.2 Å². The van der Waals surface area contributed by atoms with Crippen LogP contribution in [-0.2, 0) is 19.6 Å². The van der Waals surface area contributed by atoms with Gasteiger partial charge in [-0.1, -0.05) is 41.5 Å².